The average Bonchev–Trinajstić information content (AvgIpc) is 3.12. The third-order valence-electron chi connectivity index (χ3n) is 7.25. The van der Waals surface area contributed by atoms with E-state index in [2.05, 4.69) is 43.4 Å². The molecular formula is C29H32Cl2N2O2. The second kappa shape index (κ2) is 9.50. The number of ether oxygens (including phenoxy) is 2. The Kier molecular flexibility index (Phi) is 6.93. The Balaban J connectivity index is 1.89. The zero-order valence-electron chi connectivity index (χ0n) is 21.1. The zero-order valence-corrected chi connectivity index (χ0v) is 22.6. The first-order chi connectivity index (χ1) is 16.5. The molecule has 3 aromatic carbocycles. The predicted octanol–water partition coefficient (Wildman–Crippen LogP) is 7.45. The Morgan fingerprint density at radius 3 is 2.00 bits per heavy atom. The summed E-state index contributed by atoms with van der Waals surface area (Å²) in [7, 11) is 1.71. The number of rotatable bonds is 7. The SMILES string of the molecule is CCOc1cc(C(C)(C)OC)ccc1C1=N[C@@](C)(c2ccc(Cl)cc2)[C@](C)(c2ccc(Cl)cc2)N1. The first-order valence-corrected chi connectivity index (χ1v) is 12.5. The molecule has 0 aromatic heterocycles. The second-order valence-electron chi connectivity index (χ2n) is 9.65. The minimum Gasteiger partial charge on any atom is -0.493 e. The van der Waals surface area contributed by atoms with E-state index in [9.17, 15) is 0 Å². The first kappa shape index (κ1) is 25.6. The second-order valence-corrected chi connectivity index (χ2v) is 10.5. The van der Waals surface area contributed by atoms with Gasteiger partial charge in [-0.2, -0.15) is 0 Å². The summed E-state index contributed by atoms with van der Waals surface area (Å²) in [6.45, 7) is 10.9. The lowest BCUT2D eigenvalue weighted by atomic mass is 9.72. The van der Waals surface area contributed by atoms with Crippen molar-refractivity contribution < 1.29 is 9.47 Å². The maximum Gasteiger partial charge on any atom is 0.133 e. The lowest BCUT2D eigenvalue weighted by Gasteiger charge is -2.40. The van der Waals surface area contributed by atoms with Crippen LogP contribution in [0.2, 0.25) is 10.0 Å². The summed E-state index contributed by atoms with van der Waals surface area (Å²) in [5.41, 5.74) is 2.44. The number of halogens is 2. The van der Waals surface area contributed by atoms with E-state index in [0.717, 1.165) is 33.8 Å². The number of hydrogen-bond acceptors (Lipinski definition) is 4. The number of benzene rings is 3. The summed E-state index contributed by atoms with van der Waals surface area (Å²) in [6, 6.07) is 22.0. The van der Waals surface area contributed by atoms with Gasteiger partial charge in [-0.25, -0.2) is 0 Å². The summed E-state index contributed by atoms with van der Waals surface area (Å²) < 4.78 is 11.8. The van der Waals surface area contributed by atoms with Crippen LogP contribution in [0.5, 0.6) is 5.75 Å². The summed E-state index contributed by atoms with van der Waals surface area (Å²) in [5.74, 6) is 1.53. The van der Waals surface area contributed by atoms with Crippen molar-refractivity contribution in [2.45, 2.75) is 51.3 Å². The van der Waals surface area contributed by atoms with E-state index in [-0.39, 0.29) is 0 Å². The highest BCUT2D eigenvalue weighted by atomic mass is 35.5. The molecule has 0 bridgehead atoms. The Morgan fingerprint density at radius 2 is 1.46 bits per heavy atom. The van der Waals surface area contributed by atoms with Crippen molar-refractivity contribution in [1.29, 1.82) is 0 Å². The molecule has 0 unspecified atom stereocenters. The van der Waals surface area contributed by atoms with Crippen molar-refractivity contribution in [2.24, 2.45) is 4.99 Å². The highest BCUT2D eigenvalue weighted by Gasteiger charge is 2.52. The van der Waals surface area contributed by atoms with Crippen LogP contribution < -0.4 is 10.1 Å². The smallest absolute Gasteiger partial charge is 0.133 e. The maximum absolute atomic E-state index is 6.22. The molecule has 0 aliphatic carbocycles. The van der Waals surface area contributed by atoms with E-state index in [0.29, 0.717) is 16.7 Å². The number of methoxy groups -OCH3 is 1. The van der Waals surface area contributed by atoms with Crippen LogP contribution in [0, 0.1) is 0 Å². The average molecular weight is 511 g/mol. The van der Waals surface area contributed by atoms with Gasteiger partial charge in [-0.3, -0.25) is 4.99 Å². The molecule has 184 valence electrons. The molecule has 0 spiro atoms. The van der Waals surface area contributed by atoms with Gasteiger partial charge in [0.2, 0.25) is 0 Å². The van der Waals surface area contributed by atoms with E-state index in [1.807, 2.05) is 63.2 Å². The molecule has 0 fully saturated rings. The van der Waals surface area contributed by atoms with E-state index < -0.39 is 16.7 Å². The molecule has 1 aliphatic rings. The number of hydrogen-bond donors (Lipinski definition) is 1. The molecule has 4 nitrogen and oxygen atoms in total. The molecule has 2 atom stereocenters. The number of nitrogens with zero attached hydrogens (tertiary/aromatic N) is 1. The van der Waals surface area contributed by atoms with Gasteiger partial charge in [-0.1, -0.05) is 53.5 Å². The molecule has 1 aliphatic heterocycles. The zero-order chi connectivity index (χ0) is 25.4. The largest absolute Gasteiger partial charge is 0.493 e. The minimum absolute atomic E-state index is 0.440. The third-order valence-corrected chi connectivity index (χ3v) is 7.75. The summed E-state index contributed by atoms with van der Waals surface area (Å²) in [4.78, 5) is 5.32. The molecule has 0 amide bonds. The highest BCUT2D eigenvalue weighted by Crippen LogP contribution is 2.48. The molecular weight excluding hydrogens is 479 g/mol. The normalized spacial score (nSPS) is 22.0. The molecule has 0 radical (unpaired) electrons. The first-order valence-electron chi connectivity index (χ1n) is 11.8. The van der Waals surface area contributed by atoms with E-state index in [1.54, 1.807) is 7.11 Å². The number of amidine groups is 1. The van der Waals surface area contributed by atoms with Gasteiger partial charge in [0, 0.05) is 17.2 Å². The topological polar surface area (TPSA) is 42.9 Å². The minimum atomic E-state index is -0.630. The van der Waals surface area contributed by atoms with Crippen molar-refractivity contribution >= 4 is 29.0 Å². The van der Waals surface area contributed by atoms with Crippen LogP contribution in [-0.2, 0) is 21.4 Å². The van der Waals surface area contributed by atoms with Gasteiger partial charge in [0.15, 0.2) is 0 Å². The monoisotopic (exact) mass is 510 g/mol. The highest BCUT2D eigenvalue weighted by molar-refractivity contribution is 6.30. The molecule has 35 heavy (non-hydrogen) atoms. The van der Waals surface area contributed by atoms with Crippen LogP contribution in [0.25, 0.3) is 0 Å². The number of nitrogens with one attached hydrogen (secondary N) is 1. The molecule has 0 saturated carbocycles. The summed E-state index contributed by atoms with van der Waals surface area (Å²) in [6.07, 6.45) is 0. The lowest BCUT2D eigenvalue weighted by molar-refractivity contribution is 0.0190. The van der Waals surface area contributed by atoms with Gasteiger partial charge >= 0.3 is 0 Å². The third kappa shape index (κ3) is 4.55. The molecule has 1 N–H and O–H groups in total. The summed E-state index contributed by atoms with van der Waals surface area (Å²) >= 11 is 12.4. The van der Waals surface area contributed by atoms with Crippen LogP contribution in [0.1, 0.15) is 56.9 Å². The van der Waals surface area contributed by atoms with E-state index >= 15 is 0 Å². The van der Waals surface area contributed by atoms with Crippen LogP contribution >= 0.6 is 23.2 Å². The molecule has 6 heteroatoms. The fraction of sp³-hybridized carbons (Fsp3) is 0.345. The Morgan fingerprint density at radius 1 is 0.886 bits per heavy atom. The number of aliphatic imine (C=N–C) groups is 1. The van der Waals surface area contributed by atoms with Crippen LogP contribution in [0.3, 0.4) is 0 Å². The van der Waals surface area contributed by atoms with Gasteiger partial charge in [0.05, 0.1) is 23.3 Å². The van der Waals surface area contributed by atoms with Crippen LogP contribution in [0.4, 0.5) is 0 Å². The van der Waals surface area contributed by atoms with Gasteiger partial charge in [-0.15, -0.1) is 0 Å². The fourth-order valence-corrected chi connectivity index (χ4v) is 4.85. The molecule has 0 saturated heterocycles. The Bertz CT molecular complexity index is 1240. The summed E-state index contributed by atoms with van der Waals surface area (Å²) in [5, 5.41) is 5.14. The maximum atomic E-state index is 6.22. The van der Waals surface area contributed by atoms with Crippen molar-refractivity contribution in [2.75, 3.05) is 13.7 Å². The van der Waals surface area contributed by atoms with Gasteiger partial charge < -0.3 is 14.8 Å². The molecule has 1 heterocycles. The molecule has 3 aromatic rings. The van der Waals surface area contributed by atoms with Gasteiger partial charge in [-0.05, 0) is 87.7 Å². The van der Waals surface area contributed by atoms with Gasteiger partial charge in [0.25, 0.3) is 0 Å². The van der Waals surface area contributed by atoms with Crippen molar-refractivity contribution in [3.63, 3.8) is 0 Å². The van der Waals surface area contributed by atoms with E-state index in [1.165, 1.54) is 0 Å². The fourth-order valence-electron chi connectivity index (χ4n) is 4.60. The Labute approximate surface area is 218 Å². The van der Waals surface area contributed by atoms with Crippen molar-refractivity contribution in [3.8, 4) is 5.75 Å². The van der Waals surface area contributed by atoms with E-state index in [4.69, 9.17) is 37.7 Å². The molecule has 4 rings (SSSR count). The van der Waals surface area contributed by atoms with Gasteiger partial charge in [0.1, 0.15) is 17.1 Å². The standard InChI is InChI=1S/C29H32Cl2N2O2/c1-7-35-25-18-21(27(2,3)34-6)12-17-24(25)26-32-28(4,19-8-13-22(30)14-9-19)29(5,33-26)20-10-15-23(31)16-11-20/h8-18H,7H2,1-6H3,(H,32,33)/t28-,29-/m0/s1. The van der Waals surface area contributed by atoms with Crippen LogP contribution in [-0.4, -0.2) is 19.6 Å². The van der Waals surface area contributed by atoms with Crippen molar-refractivity contribution in [3.05, 3.63) is 99.0 Å². The van der Waals surface area contributed by atoms with Crippen molar-refractivity contribution in [1.82, 2.24) is 5.32 Å². The Hall–Kier alpha value is -2.53. The van der Waals surface area contributed by atoms with Crippen LogP contribution in [0.15, 0.2) is 71.7 Å². The predicted molar refractivity (Wildman–Crippen MR) is 145 cm³/mol. The quantitative estimate of drug-likeness (QED) is 0.358. The lowest BCUT2D eigenvalue weighted by Crippen LogP contribution is -2.50.